The van der Waals surface area contributed by atoms with Crippen molar-refractivity contribution in [3.63, 3.8) is 0 Å². The summed E-state index contributed by atoms with van der Waals surface area (Å²) in [6.07, 6.45) is 0.818. The minimum absolute atomic E-state index is 0.116. The van der Waals surface area contributed by atoms with Gasteiger partial charge in [-0.15, -0.1) is 0 Å². The Hall–Kier alpha value is -2.93. The maximum absolute atomic E-state index is 12.2. The Morgan fingerprint density at radius 1 is 1.07 bits per heavy atom. The molecule has 0 heterocycles. The molecule has 0 aliphatic heterocycles. The minimum atomic E-state index is -1.17. The lowest BCUT2D eigenvalue weighted by Gasteiger charge is -2.14. The van der Waals surface area contributed by atoms with E-state index in [0.717, 1.165) is 0 Å². The number of aromatic hydroxyl groups is 1. The normalized spacial score (nSPS) is 14.3. The maximum atomic E-state index is 12.2. The molecule has 0 bridgehead atoms. The SMILES string of the molecule is O=C(NC1(C(=O)O)CC1)c1ccc(OCCOc2cccc(O)c2)cc1Cl. The van der Waals surface area contributed by atoms with Gasteiger partial charge in [0.2, 0.25) is 0 Å². The highest BCUT2D eigenvalue weighted by Crippen LogP contribution is 2.36. The monoisotopic (exact) mass is 391 g/mol. The molecule has 1 fully saturated rings. The van der Waals surface area contributed by atoms with Gasteiger partial charge in [0.05, 0.1) is 10.6 Å². The summed E-state index contributed by atoms with van der Waals surface area (Å²) in [5, 5.41) is 21.2. The molecule has 0 spiro atoms. The fraction of sp³-hybridized carbons (Fsp3) is 0.263. The van der Waals surface area contributed by atoms with Gasteiger partial charge in [0.15, 0.2) is 0 Å². The van der Waals surface area contributed by atoms with Crippen molar-refractivity contribution < 1.29 is 29.3 Å². The third kappa shape index (κ3) is 4.62. The van der Waals surface area contributed by atoms with Gasteiger partial charge >= 0.3 is 5.97 Å². The van der Waals surface area contributed by atoms with E-state index in [0.29, 0.717) is 24.3 Å². The third-order valence-corrected chi connectivity index (χ3v) is 4.45. The summed E-state index contributed by atoms with van der Waals surface area (Å²) in [6.45, 7) is 0.490. The topological polar surface area (TPSA) is 105 Å². The van der Waals surface area contributed by atoms with Crippen LogP contribution in [0.1, 0.15) is 23.2 Å². The Balaban J connectivity index is 1.52. The van der Waals surface area contributed by atoms with Crippen molar-refractivity contribution in [2.75, 3.05) is 13.2 Å². The molecule has 0 unspecified atom stereocenters. The fourth-order valence-corrected chi connectivity index (χ4v) is 2.72. The number of rotatable bonds is 8. The number of carboxylic acids is 1. The van der Waals surface area contributed by atoms with E-state index >= 15 is 0 Å². The summed E-state index contributed by atoms with van der Waals surface area (Å²) in [4.78, 5) is 23.4. The number of hydrogen-bond acceptors (Lipinski definition) is 5. The molecule has 8 heteroatoms. The third-order valence-electron chi connectivity index (χ3n) is 4.14. The summed E-state index contributed by atoms with van der Waals surface area (Å²) in [6, 6.07) is 11.0. The van der Waals surface area contributed by atoms with E-state index in [1.807, 2.05) is 0 Å². The largest absolute Gasteiger partial charge is 0.508 e. The summed E-state index contributed by atoms with van der Waals surface area (Å²) >= 11 is 6.13. The zero-order chi connectivity index (χ0) is 19.4. The number of carbonyl (C=O) groups is 2. The number of carbonyl (C=O) groups excluding carboxylic acids is 1. The molecule has 3 rings (SSSR count). The molecule has 0 radical (unpaired) electrons. The number of nitrogens with one attached hydrogen (secondary N) is 1. The van der Waals surface area contributed by atoms with Crippen LogP contribution in [0.5, 0.6) is 17.2 Å². The number of ether oxygens (including phenoxy) is 2. The van der Waals surface area contributed by atoms with E-state index in [4.69, 9.17) is 26.2 Å². The molecule has 2 aromatic rings. The van der Waals surface area contributed by atoms with Crippen molar-refractivity contribution in [2.45, 2.75) is 18.4 Å². The number of amides is 1. The lowest BCUT2D eigenvalue weighted by atomic mass is 10.1. The first-order chi connectivity index (χ1) is 12.9. The van der Waals surface area contributed by atoms with E-state index in [2.05, 4.69) is 5.32 Å². The van der Waals surface area contributed by atoms with Gasteiger partial charge in [-0.25, -0.2) is 4.79 Å². The van der Waals surface area contributed by atoms with Gasteiger partial charge in [0.25, 0.3) is 5.91 Å². The van der Waals surface area contributed by atoms with E-state index < -0.39 is 17.4 Å². The fourth-order valence-electron chi connectivity index (χ4n) is 2.46. The average molecular weight is 392 g/mol. The summed E-state index contributed by atoms with van der Waals surface area (Å²) in [7, 11) is 0. The lowest BCUT2D eigenvalue weighted by molar-refractivity contribution is -0.140. The summed E-state index contributed by atoms with van der Waals surface area (Å²) < 4.78 is 11.0. The van der Waals surface area contributed by atoms with E-state index in [1.165, 1.54) is 18.2 Å². The molecule has 0 atom stereocenters. The molecule has 1 amide bonds. The van der Waals surface area contributed by atoms with Crippen LogP contribution in [0.15, 0.2) is 42.5 Å². The van der Waals surface area contributed by atoms with Crippen molar-refractivity contribution in [3.05, 3.63) is 53.1 Å². The molecule has 142 valence electrons. The molecule has 0 saturated heterocycles. The minimum Gasteiger partial charge on any atom is -0.508 e. The first kappa shape index (κ1) is 18.8. The van der Waals surface area contributed by atoms with Crippen molar-refractivity contribution in [3.8, 4) is 17.2 Å². The number of halogens is 1. The standard InChI is InChI=1S/C19H18ClNO6/c20-16-11-14(27-9-8-26-13-3-1-2-12(22)10-13)4-5-15(16)17(23)21-19(6-7-19)18(24)25/h1-5,10-11,22H,6-9H2,(H,21,23)(H,24,25). The van der Waals surface area contributed by atoms with Gasteiger partial charge in [-0.3, -0.25) is 4.79 Å². The molecule has 0 aromatic heterocycles. The van der Waals surface area contributed by atoms with Gasteiger partial charge in [0.1, 0.15) is 36.0 Å². The van der Waals surface area contributed by atoms with Gasteiger partial charge < -0.3 is 25.0 Å². The second-order valence-corrected chi connectivity index (χ2v) is 6.58. The zero-order valence-electron chi connectivity index (χ0n) is 14.3. The molecule has 2 aromatic carbocycles. The Morgan fingerprint density at radius 2 is 1.74 bits per heavy atom. The first-order valence-electron chi connectivity index (χ1n) is 8.30. The van der Waals surface area contributed by atoms with Crippen molar-refractivity contribution >= 4 is 23.5 Å². The second-order valence-electron chi connectivity index (χ2n) is 6.18. The van der Waals surface area contributed by atoms with Crippen molar-refractivity contribution in [1.82, 2.24) is 5.32 Å². The van der Waals surface area contributed by atoms with Crippen LogP contribution in [-0.4, -0.2) is 40.8 Å². The highest BCUT2D eigenvalue weighted by molar-refractivity contribution is 6.34. The van der Waals surface area contributed by atoms with Gasteiger partial charge in [-0.2, -0.15) is 0 Å². The van der Waals surface area contributed by atoms with E-state index in [9.17, 15) is 14.7 Å². The van der Waals surface area contributed by atoms with Crippen LogP contribution in [0.25, 0.3) is 0 Å². The zero-order valence-corrected chi connectivity index (χ0v) is 15.0. The highest BCUT2D eigenvalue weighted by atomic mass is 35.5. The Bertz CT molecular complexity index is 865. The lowest BCUT2D eigenvalue weighted by Crippen LogP contribution is -2.43. The summed E-state index contributed by atoms with van der Waals surface area (Å²) in [5.41, 5.74) is -0.980. The Labute approximate surface area is 160 Å². The highest BCUT2D eigenvalue weighted by Gasteiger charge is 2.51. The van der Waals surface area contributed by atoms with Gasteiger partial charge in [-0.1, -0.05) is 17.7 Å². The van der Waals surface area contributed by atoms with Crippen LogP contribution < -0.4 is 14.8 Å². The number of phenolic OH excluding ortho intramolecular Hbond substituents is 1. The van der Waals surface area contributed by atoms with Crippen LogP contribution >= 0.6 is 11.6 Å². The summed E-state index contributed by atoms with van der Waals surface area (Å²) in [5.74, 6) is -0.478. The predicted octanol–water partition coefficient (Wildman–Crippen LogP) is 2.85. The average Bonchev–Trinajstić information content (AvgIpc) is 3.40. The molecule has 7 nitrogen and oxygen atoms in total. The van der Waals surface area contributed by atoms with E-state index in [1.54, 1.807) is 24.3 Å². The second kappa shape index (κ2) is 7.75. The first-order valence-corrected chi connectivity index (χ1v) is 8.67. The van der Waals surface area contributed by atoms with Crippen molar-refractivity contribution in [1.29, 1.82) is 0 Å². The maximum Gasteiger partial charge on any atom is 0.329 e. The van der Waals surface area contributed by atoms with Crippen LogP contribution in [-0.2, 0) is 4.79 Å². The predicted molar refractivity (Wildman–Crippen MR) is 97.6 cm³/mol. The molecular weight excluding hydrogens is 374 g/mol. The number of benzene rings is 2. The van der Waals surface area contributed by atoms with Gasteiger partial charge in [0, 0.05) is 6.07 Å². The van der Waals surface area contributed by atoms with E-state index in [-0.39, 0.29) is 29.5 Å². The van der Waals surface area contributed by atoms with Crippen LogP contribution in [0.4, 0.5) is 0 Å². The Kier molecular flexibility index (Phi) is 5.41. The molecule has 1 aliphatic carbocycles. The molecule has 1 aliphatic rings. The molecule has 3 N–H and O–H groups in total. The molecule has 27 heavy (non-hydrogen) atoms. The smallest absolute Gasteiger partial charge is 0.329 e. The van der Waals surface area contributed by atoms with Gasteiger partial charge in [-0.05, 0) is 43.2 Å². The van der Waals surface area contributed by atoms with Crippen molar-refractivity contribution in [2.24, 2.45) is 0 Å². The number of hydrogen-bond donors (Lipinski definition) is 3. The Morgan fingerprint density at radius 3 is 2.30 bits per heavy atom. The van der Waals surface area contributed by atoms with Crippen LogP contribution in [0.3, 0.4) is 0 Å². The molecule has 1 saturated carbocycles. The van der Waals surface area contributed by atoms with Crippen LogP contribution in [0.2, 0.25) is 5.02 Å². The van der Waals surface area contributed by atoms with Crippen LogP contribution in [0, 0.1) is 0 Å². The number of aliphatic carboxylic acids is 1. The number of carboxylic acid groups (broad SMARTS) is 1. The quantitative estimate of drug-likeness (QED) is 0.597. The molecular formula is C19H18ClNO6. The number of phenols is 1.